The highest BCUT2D eigenvalue weighted by atomic mass is 19.4. The number of likely N-dealkylation sites (tertiary alicyclic amines) is 1. The normalized spacial score (nSPS) is 19.7. The number of rotatable bonds is 4. The summed E-state index contributed by atoms with van der Waals surface area (Å²) < 4.78 is 45.1. The van der Waals surface area contributed by atoms with Crippen molar-refractivity contribution in [2.45, 2.75) is 12.6 Å². The molecule has 3 rings (SSSR count). The molecule has 2 aromatic rings. The lowest BCUT2D eigenvalue weighted by Gasteiger charge is -2.27. The van der Waals surface area contributed by atoms with Crippen LogP contribution in [0.4, 0.5) is 13.2 Å². The molecule has 1 saturated heterocycles. The smallest absolute Gasteiger partial charge is 0.406 e. The molecule has 0 saturated carbocycles. The number of halogens is 3. The van der Waals surface area contributed by atoms with Crippen molar-refractivity contribution in [3.05, 3.63) is 54.2 Å². The van der Waals surface area contributed by atoms with E-state index in [2.05, 4.69) is 4.98 Å². The van der Waals surface area contributed by atoms with Crippen molar-refractivity contribution < 1.29 is 32.6 Å². The number of amides is 1. The molecule has 1 unspecified atom stereocenters. The summed E-state index contributed by atoms with van der Waals surface area (Å²) in [6.07, 6.45) is -4.44. The Labute approximate surface area is 152 Å². The summed E-state index contributed by atoms with van der Waals surface area (Å²) in [5.74, 6) is -1.93. The van der Waals surface area contributed by atoms with Gasteiger partial charge in [0.1, 0.15) is 5.75 Å². The van der Waals surface area contributed by atoms with Gasteiger partial charge in [-0.05, 0) is 24.6 Å². The maximum absolute atomic E-state index is 13.2. The molecule has 1 aliphatic rings. The van der Waals surface area contributed by atoms with Crippen LogP contribution in [0.15, 0.2) is 48.7 Å². The zero-order valence-corrected chi connectivity index (χ0v) is 13.9. The number of nitrogens with zero attached hydrogens (tertiary/aromatic N) is 2. The van der Waals surface area contributed by atoms with Gasteiger partial charge in [-0.1, -0.05) is 18.2 Å². The Hall–Kier alpha value is -3.10. The van der Waals surface area contributed by atoms with Gasteiger partial charge in [-0.2, -0.15) is 13.2 Å². The summed E-state index contributed by atoms with van der Waals surface area (Å²) in [6, 6.07) is 11.6. The molecule has 1 N–H and O–H groups in total. The number of carbonyl (C=O) groups is 2. The van der Waals surface area contributed by atoms with Crippen LogP contribution in [-0.2, 0) is 4.79 Å². The third-order valence-corrected chi connectivity index (χ3v) is 4.46. The van der Waals surface area contributed by atoms with Gasteiger partial charge >= 0.3 is 12.1 Å². The molecular formula is C18H15F3N2O4. The molecule has 27 heavy (non-hydrogen) atoms. The van der Waals surface area contributed by atoms with Crippen LogP contribution in [0.5, 0.6) is 11.6 Å². The number of para-hydroxylation sites is 1. The number of hydrogen-bond acceptors (Lipinski definition) is 4. The first kappa shape index (κ1) is 18.7. The van der Waals surface area contributed by atoms with Gasteiger partial charge in [-0.15, -0.1) is 0 Å². The van der Waals surface area contributed by atoms with E-state index in [1.54, 1.807) is 24.3 Å². The van der Waals surface area contributed by atoms with E-state index in [0.717, 1.165) is 4.90 Å². The number of aliphatic carboxylic acids is 1. The number of benzene rings is 1. The molecule has 1 fully saturated rings. The number of carbonyl (C=O) groups excluding carboxylic acids is 1. The van der Waals surface area contributed by atoms with Gasteiger partial charge in [-0.3, -0.25) is 9.59 Å². The first-order valence-electron chi connectivity index (χ1n) is 8.01. The van der Waals surface area contributed by atoms with Crippen LogP contribution in [-0.4, -0.2) is 46.1 Å². The van der Waals surface area contributed by atoms with Gasteiger partial charge in [0.05, 0.1) is 5.56 Å². The second-order valence-corrected chi connectivity index (χ2v) is 6.16. The molecule has 9 heteroatoms. The fraction of sp³-hybridized carbons (Fsp3) is 0.278. The Morgan fingerprint density at radius 1 is 1.15 bits per heavy atom. The SMILES string of the molecule is O=C(c1ccc(Oc2ccccc2)nc1)N1CCC(C(=O)O)(C(F)(F)F)C1. The van der Waals surface area contributed by atoms with Gasteiger partial charge in [0.25, 0.3) is 5.91 Å². The van der Waals surface area contributed by atoms with Crippen molar-refractivity contribution in [2.24, 2.45) is 5.41 Å². The number of aromatic nitrogens is 1. The van der Waals surface area contributed by atoms with Crippen LogP contribution in [0.2, 0.25) is 0 Å². The Morgan fingerprint density at radius 2 is 1.85 bits per heavy atom. The van der Waals surface area contributed by atoms with Crippen molar-refractivity contribution in [3.8, 4) is 11.6 Å². The van der Waals surface area contributed by atoms with Crippen LogP contribution in [0.25, 0.3) is 0 Å². The van der Waals surface area contributed by atoms with Crippen molar-refractivity contribution in [1.29, 1.82) is 0 Å². The van der Waals surface area contributed by atoms with Crippen LogP contribution < -0.4 is 4.74 Å². The third kappa shape index (κ3) is 3.57. The molecule has 6 nitrogen and oxygen atoms in total. The Morgan fingerprint density at radius 3 is 2.37 bits per heavy atom. The second kappa shape index (κ2) is 6.90. The molecular weight excluding hydrogens is 365 g/mol. The zero-order chi connectivity index (χ0) is 19.7. The maximum atomic E-state index is 13.2. The minimum absolute atomic E-state index is 0.0544. The Bertz CT molecular complexity index is 840. The van der Waals surface area contributed by atoms with E-state index >= 15 is 0 Å². The summed E-state index contributed by atoms with van der Waals surface area (Å²) in [6.45, 7) is -1.22. The molecule has 0 aliphatic carbocycles. The van der Waals surface area contributed by atoms with Gasteiger partial charge in [-0.25, -0.2) is 4.98 Å². The molecule has 1 amide bonds. The lowest BCUT2D eigenvalue weighted by Crippen LogP contribution is -2.47. The fourth-order valence-corrected chi connectivity index (χ4v) is 2.87. The van der Waals surface area contributed by atoms with Crippen LogP contribution in [0, 0.1) is 5.41 Å². The lowest BCUT2D eigenvalue weighted by atomic mass is 9.86. The first-order valence-corrected chi connectivity index (χ1v) is 8.01. The van der Waals surface area contributed by atoms with Crippen molar-refractivity contribution in [1.82, 2.24) is 9.88 Å². The average Bonchev–Trinajstić information content (AvgIpc) is 3.10. The molecule has 142 valence electrons. The first-order chi connectivity index (χ1) is 12.7. The van der Waals surface area contributed by atoms with Gasteiger partial charge in [0.2, 0.25) is 5.88 Å². The summed E-state index contributed by atoms with van der Waals surface area (Å²) in [4.78, 5) is 28.5. The highest BCUT2D eigenvalue weighted by molar-refractivity contribution is 5.95. The monoisotopic (exact) mass is 380 g/mol. The third-order valence-electron chi connectivity index (χ3n) is 4.46. The quantitative estimate of drug-likeness (QED) is 0.880. The van der Waals surface area contributed by atoms with E-state index in [4.69, 9.17) is 9.84 Å². The minimum Gasteiger partial charge on any atom is -0.481 e. The van der Waals surface area contributed by atoms with E-state index in [0.29, 0.717) is 5.75 Å². The largest absolute Gasteiger partial charge is 0.481 e. The molecule has 1 aromatic carbocycles. The minimum atomic E-state index is -4.94. The Balaban J connectivity index is 1.72. The van der Waals surface area contributed by atoms with Crippen molar-refractivity contribution in [2.75, 3.05) is 13.1 Å². The van der Waals surface area contributed by atoms with Crippen molar-refractivity contribution >= 4 is 11.9 Å². The molecule has 0 radical (unpaired) electrons. The predicted octanol–water partition coefficient (Wildman–Crippen LogP) is 3.35. The highest BCUT2D eigenvalue weighted by Crippen LogP contribution is 2.46. The van der Waals surface area contributed by atoms with E-state index in [-0.39, 0.29) is 18.0 Å². The Kier molecular flexibility index (Phi) is 4.77. The second-order valence-electron chi connectivity index (χ2n) is 6.16. The molecule has 1 aliphatic heterocycles. The number of carboxylic acids is 1. The molecule has 1 atom stereocenters. The standard InChI is InChI=1S/C18H15F3N2O4/c19-18(20,21)17(16(25)26)8-9-23(11-17)15(24)12-6-7-14(22-10-12)27-13-4-2-1-3-5-13/h1-7,10H,8-9,11H2,(H,25,26). The molecule has 0 bridgehead atoms. The zero-order valence-electron chi connectivity index (χ0n) is 13.9. The summed E-state index contributed by atoms with van der Waals surface area (Å²) in [7, 11) is 0. The van der Waals surface area contributed by atoms with E-state index < -0.39 is 36.4 Å². The van der Waals surface area contributed by atoms with E-state index in [9.17, 15) is 22.8 Å². The highest BCUT2D eigenvalue weighted by Gasteiger charge is 2.64. The van der Waals surface area contributed by atoms with Gasteiger partial charge < -0.3 is 14.7 Å². The average molecular weight is 380 g/mol. The van der Waals surface area contributed by atoms with Crippen LogP contribution >= 0.6 is 0 Å². The number of pyridine rings is 1. The number of hydrogen-bond donors (Lipinski definition) is 1. The summed E-state index contributed by atoms with van der Waals surface area (Å²) in [5, 5.41) is 9.06. The summed E-state index contributed by atoms with van der Waals surface area (Å²) in [5.41, 5.74) is -2.88. The van der Waals surface area contributed by atoms with E-state index in [1.165, 1.54) is 18.3 Å². The number of carboxylic acid groups (broad SMARTS) is 1. The predicted molar refractivity (Wildman–Crippen MR) is 87.4 cm³/mol. The number of alkyl halides is 3. The number of ether oxygens (including phenoxy) is 1. The molecule has 2 heterocycles. The summed E-state index contributed by atoms with van der Waals surface area (Å²) >= 11 is 0. The molecule has 1 aromatic heterocycles. The van der Waals surface area contributed by atoms with E-state index in [1.807, 2.05) is 6.07 Å². The molecule has 0 spiro atoms. The van der Waals surface area contributed by atoms with Crippen LogP contribution in [0.3, 0.4) is 0 Å². The van der Waals surface area contributed by atoms with Gasteiger partial charge in [0.15, 0.2) is 5.41 Å². The lowest BCUT2D eigenvalue weighted by molar-refractivity contribution is -0.227. The van der Waals surface area contributed by atoms with Gasteiger partial charge in [0, 0.05) is 25.4 Å². The topological polar surface area (TPSA) is 79.7 Å². The fourth-order valence-electron chi connectivity index (χ4n) is 2.87. The van der Waals surface area contributed by atoms with Crippen molar-refractivity contribution in [3.63, 3.8) is 0 Å². The van der Waals surface area contributed by atoms with Crippen LogP contribution in [0.1, 0.15) is 16.8 Å². The maximum Gasteiger partial charge on any atom is 0.406 e.